The van der Waals surface area contributed by atoms with Crippen LogP contribution in [0.5, 0.6) is 0 Å². The van der Waals surface area contributed by atoms with Gasteiger partial charge in [-0.05, 0) is 17.7 Å². The molecule has 0 amide bonds. The maximum atomic E-state index is 10.6. The number of nitrogens with zero attached hydrogens (tertiary/aromatic N) is 2. The van der Waals surface area contributed by atoms with Gasteiger partial charge in [0.25, 0.3) is 0 Å². The lowest BCUT2D eigenvalue weighted by atomic mass is 10.00. The fourth-order valence-electron chi connectivity index (χ4n) is 1.90. The van der Waals surface area contributed by atoms with Gasteiger partial charge in [-0.15, -0.1) is 0 Å². The molecule has 2 unspecified atom stereocenters. The Labute approximate surface area is 104 Å². The van der Waals surface area contributed by atoms with Crippen LogP contribution in [0.4, 0.5) is 0 Å². The lowest BCUT2D eigenvalue weighted by Crippen LogP contribution is -2.30. The molecular weight excluding hydrogens is 234 g/mol. The van der Waals surface area contributed by atoms with Crippen molar-refractivity contribution in [2.75, 3.05) is 0 Å². The van der Waals surface area contributed by atoms with Crippen molar-refractivity contribution in [3.05, 3.63) is 30.1 Å². The van der Waals surface area contributed by atoms with E-state index in [9.17, 15) is 9.90 Å². The number of hydrogen-bond acceptors (Lipinski definition) is 4. The van der Waals surface area contributed by atoms with Crippen molar-refractivity contribution in [1.82, 2.24) is 9.55 Å². The smallest absolute Gasteiger partial charge is 0.305 e. The van der Waals surface area contributed by atoms with Crippen molar-refractivity contribution < 1.29 is 15.0 Å². The van der Waals surface area contributed by atoms with E-state index >= 15 is 0 Å². The quantitative estimate of drug-likeness (QED) is 0.728. The topological polar surface area (TPSA) is 101 Å². The molecule has 0 fully saturated rings. The minimum atomic E-state index is -1.03. The van der Waals surface area contributed by atoms with Gasteiger partial charge in [0.05, 0.1) is 29.9 Å². The second kappa shape index (κ2) is 4.75. The van der Waals surface area contributed by atoms with Gasteiger partial charge >= 0.3 is 5.97 Å². The van der Waals surface area contributed by atoms with Gasteiger partial charge in [-0.2, -0.15) is 0 Å². The zero-order chi connectivity index (χ0) is 13.3. The second-order valence-electron chi connectivity index (χ2n) is 4.31. The van der Waals surface area contributed by atoms with Gasteiger partial charge in [-0.25, -0.2) is 4.98 Å². The van der Waals surface area contributed by atoms with Crippen molar-refractivity contribution in [2.45, 2.75) is 18.6 Å². The van der Waals surface area contributed by atoms with Crippen LogP contribution in [0.15, 0.2) is 24.5 Å². The van der Waals surface area contributed by atoms with Crippen LogP contribution in [0, 0.1) is 0 Å². The van der Waals surface area contributed by atoms with Crippen molar-refractivity contribution in [3.63, 3.8) is 0 Å². The highest BCUT2D eigenvalue weighted by molar-refractivity contribution is 5.76. The Bertz CT molecular complexity index is 579. The highest BCUT2D eigenvalue weighted by atomic mass is 16.4. The standard InChI is InChI=1S/C12H15N3O3/c1-15-6-14-9-4-7(2-3-10(9)15)12(18)8(13)5-11(16)17/h2-4,6,8,12,18H,5,13H2,1H3,(H,16,17). The zero-order valence-corrected chi connectivity index (χ0v) is 9.95. The summed E-state index contributed by atoms with van der Waals surface area (Å²) in [4.78, 5) is 14.7. The first-order valence-corrected chi connectivity index (χ1v) is 5.55. The van der Waals surface area contributed by atoms with Crippen LogP contribution in [0.25, 0.3) is 11.0 Å². The molecule has 2 aromatic rings. The molecular formula is C12H15N3O3. The Morgan fingerprint density at radius 1 is 1.56 bits per heavy atom. The first-order chi connectivity index (χ1) is 8.49. The fourth-order valence-corrected chi connectivity index (χ4v) is 1.90. The molecule has 0 aliphatic rings. The molecule has 18 heavy (non-hydrogen) atoms. The van der Waals surface area contributed by atoms with Gasteiger partial charge in [0.15, 0.2) is 0 Å². The van der Waals surface area contributed by atoms with Crippen molar-refractivity contribution >= 4 is 17.0 Å². The first-order valence-electron chi connectivity index (χ1n) is 5.55. The van der Waals surface area contributed by atoms with Crippen LogP contribution in [-0.2, 0) is 11.8 Å². The number of imidazole rings is 1. The lowest BCUT2D eigenvalue weighted by molar-refractivity contribution is -0.138. The van der Waals surface area contributed by atoms with Crippen LogP contribution in [0.2, 0.25) is 0 Å². The van der Waals surface area contributed by atoms with E-state index in [1.807, 2.05) is 17.7 Å². The van der Waals surface area contributed by atoms with Crippen molar-refractivity contribution in [2.24, 2.45) is 12.8 Å². The van der Waals surface area contributed by atoms with E-state index in [-0.39, 0.29) is 6.42 Å². The molecule has 2 atom stereocenters. The van der Waals surface area contributed by atoms with Gasteiger partial charge in [-0.1, -0.05) is 6.07 Å². The molecule has 2 rings (SSSR count). The normalized spacial score (nSPS) is 14.6. The molecule has 6 nitrogen and oxygen atoms in total. The number of aliphatic carboxylic acids is 1. The summed E-state index contributed by atoms with van der Waals surface area (Å²) in [5.41, 5.74) is 7.91. The number of benzene rings is 1. The average molecular weight is 249 g/mol. The number of rotatable bonds is 4. The summed E-state index contributed by atoms with van der Waals surface area (Å²) in [6, 6.07) is 4.45. The predicted molar refractivity (Wildman–Crippen MR) is 65.9 cm³/mol. The molecule has 0 saturated carbocycles. The maximum Gasteiger partial charge on any atom is 0.305 e. The molecule has 6 heteroatoms. The molecule has 1 aromatic heterocycles. The number of carboxylic acid groups (broad SMARTS) is 1. The van der Waals surface area contributed by atoms with E-state index in [4.69, 9.17) is 10.8 Å². The minimum absolute atomic E-state index is 0.276. The number of hydrogen-bond donors (Lipinski definition) is 3. The number of aromatic nitrogens is 2. The summed E-state index contributed by atoms with van der Waals surface area (Å²) in [6.07, 6.45) is 0.395. The number of carboxylic acids is 1. The number of aliphatic hydroxyl groups is 1. The SMILES string of the molecule is Cn1cnc2cc(C(O)C(N)CC(=O)O)ccc21. The summed E-state index contributed by atoms with van der Waals surface area (Å²) < 4.78 is 1.86. The molecule has 0 bridgehead atoms. The van der Waals surface area contributed by atoms with Crippen molar-refractivity contribution in [1.29, 1.82) is 0 Å². The summed E-state index contributed by atoms with van der Waals surface area (Å²) in [5.74, 6) is -1.03. The third kappa shape index (κ3) is 2.34. The van der Waals surface area contributed by atoms with E-state index in [2.05, 4.69) is 4.98 Å². The third-order valence-corrected chi connectivity index (χ3v) is 2.91. The van der Waals surface area contributed by atoms with Gasteiger partial charge in [0.1, 0.15) is 0 Å². The Morgan fingerprint density at radius 2 is 2.28 bits per heavy atom. The number of fused-ring (bicyclic) bond motifs is 1. The van der Waals surface area contributed by atoms with Gasteiger partial charge in [0.2, 0.25) is 0 Å². The Kier molecular flexibility index (Phi) is 3.31. The summed E-state index contributed by atoms with van der Waals surface area (Å²) in [6.45, 7) is 0. The summed E-state index contributed by atoms with van der Waals surface area (Å²) in [7, 11) is 1.88. The van der Waals surface area contributed by atoms with Gasteiger partial charge in [-0.3, -0.25) is 4.79 Å². The molecule has 1 heterocycles. The monoisotopic (exact) mass is 249 g/mol. The van der Waals surface area contributed by atoms with E-state index in [0.29, 0.717) is 5.56 Å². The predicted octanol–water partition coefficient (Wildman–Crippen LogP) is 0.409. The zero-order valence-electron chi connectivity index (χ0n) is 9.95. The van der Waals surface area contributed by atoms with Crippen LogP contribution >= 0.6 is 0 Å². The number of aliphatic hydroxyl groups excluding tert-OH is 1. The van der Waals surface area contributed by atoms with E-state index in [0.717, 1.165) is 11.0 Å². The Balaban J connectivity index is 2.27. The highest BCUT2D eigenvalue weighted by Gasteiger charge is 2.20. The van der Waals surface area contributed by atoms with E-state index in [1.165, 1.54) is 0 Å². The average Bonchev–Trinajstić information content (AvgIpc) is 2.69. The van der Waals surface area contributed by atoms with Crippen LogP contribution in [0.1, 0.15) is 18.1 Å². The van der Waals surface area contributed by atoms with Gasteiger partial charge < -0.3 is 20.5 Å². The van der Waals surface area contributed by atoms with E-state index in [1.54, 1.807) is 18.5 Å². The number of nitrogens with two attached hydrogens (primary N) is 1. The van der Waals surface area contributed by atoms with Crippen molar-refractivity contribution in [3.8, 4) is 0 Å². The number of aryl methyl sites for hydroxylation is 1. The largest absolute Gasteiger partial charge is 0.481 e. The van der Waals surface area contributed by atoms with Gasteiger partial charge in [0, 0.05) is 13.1 Å². The molecule has 1 aromatic carbocycles. The lowest BCUT2D eigenvalue weighted by Gasteiger charge is -2.17. The fraction of sp³-hybridized carbons (Fsp3) is 0.333. The molecule has 0 spiro atoms. The minimum Gasteiger partial charge on any atom is -0.481 e. The second-order valence-corrected chi connectivity index (χ2v) is 4.31. The first kappa shape index (κ1) is 12.5. The highest BCUT2D eigenvalue weighted by Crippen LogP contribution is 2.22. The van der Waals surface area contributed by atoms with Crippen LogP contribution < -0.4 is 5.73 Å². The molecule has 0 saturated heterocycles. The molecule has 0 aliphatic carbocycles. The van der Waals surface area contributed by atoms with Crippen LogP contribution in [0.3, 0.4) is 0 Å². The maximum absolute atomic E-state index is 10.6. The third-order valence-electron chi connectivity index (χ3n) is 2.91. The summed E-state index contributed by atoms with van der Waals surface area (Å²) >= 11 is 0. The molecule has 0 radical (unpaired) electrons. The number of carbonyl (C=O) groups is 1. The Morgan fingerprint density at radius 3 is 2.94 bits per heavy atom. The molecule has 4 N–H and O–H groups in total. The van der Waals surface area contributed by atoms with Crippen LogP contribution in [-0.4, -0.2) is 31.8 Å². The molecule has 0 aliphatic heterocycles. The van der Waals surface area contributed by atoms with E-state index < -0.39 is 18.1 Å². The Hall–Kier alpha value is -1.92. The molecule has 96 valence electrons. The summed E-state index contributed by atoms with van der Waals surface area (Å²) in [5, 5.41) is 18.6.